The van der Waals surface area contributed by atoms with E-state index in [0.717, 1.165) is 0 Å². The molecule has 5 nitrogen and oxygen atoms in total. The molecule has 1 rings (SSSR count). The standard InChI is InChI=1S/C6H3ClF4N2O3S/c7-17(14,15)2-1-13-5(3(8)4(2)12)16-6(9,10)11/h1H,(H2,12,13). The predicted octanol–water partition coefficient (Wildman–Crippen LogP) is 1.63. The number of aromatic nitrogens is 1. The van der Waals surface area contributed by atoms with E-state index in [0.29, 0.717) is 6.20 Å². The number of rotatable bonds is 2. The molecule has 0 saturated carbocycles. The number of anilines is 1. The number of ether oxygens (including phenoxy) is 1. The van der Waals surface area contributed by atoms with Crippen molar-refractivity contribution in [3.63, 3.8) is 0 Å². The van der Waals surface area contributed by atoms with Crippen LogP contribution >= 0.6 is 10.7 Å². The van der Waals surface area contributed by atoms with Crippen molar-refractivity contribution in [3.8, 4) is 5.88 Å². The summed E-state index contributed by atoms with van der Waals surface area (Å²) >= 11 is 0. The second kappa shape index (κ2) is 4.18. The Morgan fingerprint density at radius 2 is 1.94 bits per heavy atom. The number of nitrogens with two attached hydrogens (primary N) is 1. The molecule has 0 amide bonds. The van der Waals surface area contributed by atoms with E-state index in [9.17, 15) is 26.0 Å². The lowest BCUT2D eigenvalue weighted by atomic mass is 10.4. The zero-order chi connectivity index (χ0) is 13.4. The molecule has 0 atom stereocenters. The molecule has 11 heteroatoms. The highest BCUT2D eigenvalue weighted by molar-refractivity contribution is 8.13. The SMILES string of the molecule is Nc1c(S(=O)(=O)Cl)cnc(OC(F)(F)F)c1F. The maximum atomic E-state index is 13.2. The molecule has 0 aliphatic rings. The number of pyridine rings is 1. The second-order valence-electron chi connectivity index (χ2n) is 2.64. The van der Waals surface area contributed by atoms with Crippen LogP contribution in [-0.4, -0.2) is 19.8 Å². The molecule has 1 aromatic rings. The Balaban J connectivity index is 3.30. The minimum atomic E-state index is -5.18. The highest BCUT2D eigenvalue weighted by Gasteiger charge is 2.34. The van der Waals surface area contributed by atoms with Gasteiger partial charge in [-0.3, -0.25) is 0 Å². The molecule has 0 aromatic carbocycles. The number of hydrogen-bond donors (Lipinski definition) is 1. The van der Waals surface area contributed by atoms with E-state index in [2.05, 4.69) is 9.72 Å². The molecule has 0 saturated heterocycles. The molecule has 0 aliphatic carbocycles. The maximum absolute atomic E-state index is 13.2. The highest BCUT2D eigenvalue weighted by atomic mass is 35.7. The summed E-state index contributed by atoms with van der Waals surface area (Å²) in [5.41, 5.74) is 3.86. The van der Waals surface area contributed by atoms with Crippen LogP contribution in [-0.2, 0) is 9.05 Å². The summed E-state index contributed by atoms with van der Waals surface area (Å²) in [6.07, 6.45) is -4.82. The first-order valence-electron chi connectivity index (χ1n) is 3.67. The van der Waals surface area contributed by atoms with Crippen molar-refractivity contribution in [2.24, 2.45) is 0 Å². The molecule has 0 unspecified atom stereocenters. The molecule has 0 spiro atoms. The smallest absolute Gasteiger partial charge is 0.395 e. The van der Waals surface area contributed by atoms with Crippen molar-refractivity contribution < 1.29 is 30.7 Å². The fourth-order valence-electron chi connectivity index (χ4n) is 0.842. The van der Waals surface area contributed by atoms with Gasteiger partial charge in [0.05, 0.1) is 11.9 Å². The van der Waals surface area contributed by atoms with Gasteiger partial charge in [0.2, 0.25) is 5.82 Å². The monoisotopic (exact) mass is 294 g/mol. The average Bonchev–Trinajstić information content (AvgIpc) is 2.08. The summed E-state index contributed by atoms with van der Waals surface area (Å²) in [5.74, 6) is -3.25. The minimum absolute atomic E-state index is 0.363. The topological polar surface area (TPSA) is 82.3 Å². The largest absolute Gasteiger partial charge is 0.574 e. The van der Waals surface area contributed by atoms with Crippen LogP contribution in [0.25, 0.3) is 0 Å². The number of hydrogen-bond acceptors (Lipinski definition) is 5. The zero-order valence-electron chi connectivity index (χ0n) is 7.62. The summed E-state index contributed by atoms with van der Waals surface area (Å²) in [6.45, 7) is 0. The van der Waals surface area contributed by atoms with E-state index >= 15 is 0 Å². The van der Waals surface area contributed by atoms with Gasteiger partial charge in [-0.1, -0.05) is 0 Å². The number of nitrogen functional groups attached to an aromatic ring is 1. The van der Waals surface area contributed by atoms with E-state index < -0.39 is 37.7 Å². The fourth-order valence-corrected chi connectivity index (χ4v) is 1.74. The molecule has 2 N–H and O–H groups in total. The van der Waals surface area contributed by atoms with Crippen LogP contribution in [0.2, 0.25) is 0 Å². The lowest BCUT2D eigenvalue weighted by Gasteiger charge is -2.10. The normalized spacial score (nSPS) is 12.5. The van der Waals surface area contributed by atoms with Crippen LogP contribution < -0.4 is 10.5 Å². The van der Waals surface area contributed by atoms with Gasteiger partial charge in [0.25, 0.3) is 14.9 Å². The van der Waals surface area contributed by atoms with E-state index in [1.165, 1.54) is 0 Å². The van der Waals surface area contributed by atoms with Gasteiger partial charge in [0.1, 0.15) is 4.90 Å². The summed E-state index contributed by atoms with van der Waals surface area (Å²) in [6, 6.07) is 0. The highest BCUT2D eigenvalue weighted by Crippen LogP contribution is 2.31. The Kier molecular flexibility index (Phi) is 3.39. The van der Waals surface area contributed by atoms with Crippen molar-refractivity contribution in [3.05, 3.63) is 12.0 Å². The molecular formula is C6H3ClF4N2O3S. The average molecular weight is 295 g/mol. The first-order chi connectivity index (χ1) is 7.52. The lowest BCUT2D eigenvalue weighted by molar-refractivity contribution is -0.277. The zero-order valence-corrected chi connectivity index (χ0v) is 9.20. The predicted molar refractivity (Wildman–Crippen MR) is 48.3 cm³/mol. The molecular weight excluding hydrogens is 292 g/mol. The third kappa shape index (κ3) is 3.33. The van der Waals surface area contributed by atoms with Gasteiger partial charge in [0, 0.05) is 10.7 Å². The fraction of sp³-hybridized carbons (Fsp3) is 0.167. The van der Waals surface area contributed by atoms with E-state index in [-0.39, 0.29) is 0 Å². The Labute approximate surface area is 96.6 Å². The molecule has 0 aliphatic heterocycles. The van der Waals surface area contributed by atoms with Crippen LogP contribution in [0.3, 0.4) is 0 Å². The van der Waals surface area contributed by atoms with Crippen LogP contribution in [0.5, 0.6) is 5.88 Å². The van der Waals surface area contributed by atoms with Crippen molar-refractivity contribution in [2.75, 3.05) is 5.73 Å². The lowest BCUT2D eigenvalue weighted by Crippen LogP contribution is -2.19. The van der Waals surface area contributed by atoms with Crippen LogP contribution in [0.1, 0.15) is 0 Å². The van der Waals surface area contributed by atoms with E-state index in [1.54, 1.807) is 0 Å². The van der Waals surface area contributed by atoms with Crippen molar-refractivity contribution in [1.82, 2.24) is 4.98 Å². The number of halogens is 5. The number of alkyl halides is 3. The Morgan fingerprint density at radius 1 is 1.41 bits per heavy atom. The third-order valence-electron chi connectivity index (χ3n) is 1.46. The van der Waals surface area contributed by atoms with Gasteiger partial charge >= 0.3 is 6.36 Å². The summed E-state index contributed by atoms with van der Waals surface area (Å²) in [7, 11) is 0.435. The Morgan fingerprint density at radius 3 is 2.35 bits per heavy atom. The van der Waals surface area contributed by atoms with Gasteiger partial charge in [-0.15, -0.1) is 13.2 Å². The molecule has 17 heavy (non-hydrogen) atoms. The van der Waals surface area contributed by atoms with E-state index in [1.807, 2.05) is 0 Å². The first-order valence-corrected chi connectivity index (χ1v) is 5.97. The number of nitrogens with zero attached hydrogens (tertiary/aromatic N) is 1. The van der Waals surface area contributed by atoms with Gasteiger partial charge in [-0.2, -0.15) is 4.39 Å². The molecule has 0 bridgehead atoms. The van der Waals surface area contributed by atoms with Crippen LogP contribution in [0, 0.1) is 5.82 Å². The first kappa shape index (κ1) is 13.8. The quantitative estimate of drug-likeness (QED) is 0.662. The van der Waals surface area contributed by atoms with Crippen LogP contribution in [0.4, 0.5) is 23.2 Å². The minimum Gasteiger partial charge on any atom is -0.395 e. The van der Waals surface area contributed by atoms with E-state index in [4.69, 9.17) is 16.4 Å². The van der Waals surface area contributed by atoms with Crippen LogP contribution in [0.15, 0.2) is 11.1 Å². The van der Waals surface area contributed by atoms with Crippen molar-refractivity contribution in [2.45, 2.75) is 11.3 Å². The molecule has 1 heterocycles. The van der Waals surface area contributed by atoms with Gasteiger partial charge in [0.15, 0.2) is 0 Å². The van der Waals surface area contributed by atoms with Gasteiger partial charge < -0.3 is 10.5 Å². The maximum Gasteiger partial charge on any atom is 0.574 e. The van der Waals surface area contributed by atoms with Gasteiger partial charge in [-0.05, 0) is 0 Å². The van der Waals surface area contributed by atoms with Crippen molar-refractivity contribution in [1.29, 1.82) is 0 Å². The molecule has 0 radical (unpaired) electrons. The summed E-state index contributed by atoms with van der Waals surface area (Å²) in [4.78, 5) is 1.89. The Bertz CT molecular complexity index is 545. The Hall–Kier alpha value is -1.29. The second-order valence-corrected chi connectivity index (χ2v) is 5.18. The third-order valence-corrected chi connectivity index (χ3v) is 2.81. The molecule has 0 fully saturated rings. The van der Waals surface area contributed by atoms with Gasteiger partial charge in [-0.25, -0.2) is 13.4 Å². The van der Waals surface area contributed by atoms with Crippen molar-refractivity contribution >= 4 is 25.4 Å². The summed E-state index contributed by atoms with van der Waals surface area (Å²) in [5, 5.41) is 0. The summed E-state index contributed by atoms with van der Waals surface area (Å²) < 4.78 is 73.3. The molecule has 96 valence electrons. The molecule has 1 aromatic heterocycles.